The van der Waals surface area contributed by atoms with E-state index in [1.54, 1.807) is 0 Å². The van der Waals surface area contributed by atoms with Crippen molar-refractivity contribution < 1.29 is 4.74 Å². The van der Waals surface area contributed by atoms with Crippen molar-refractivity contribution >= 4 is 11.6 Å². The molecule has 0 spiro atoms. The maximum absolute atomic E-state index is 5.35. The van der Waals surface area contributed by atoms with Crippen LogP contribution in [0.15, 0.2) is 11.6 Å². The maximum Gasteiger partial charge on any atom is 0.0554 e. The van der Waals surface area contributed by atoms with Gasteiger partial charge in [0, 0.05) is 24.0 Å². The first-order valence-corrected chi connectivity index (χ1v) is 4.24. The van der Waals surface area contributed by atoms with E-state index in [1.165, 1.54) is 5.54 Å². The first kappa shape index (κ1) is 9.04. The minimum Gasteiger partial charge on any atom is -0.380 e. The summed E-state index contributed by atoms with van der Waals surface area (Å²) in [5.74, 6) is 0. The number of rotatable bonds is 4. The summed E-state index contributed by atoms with van der Waals surface area (Å²) in [7, 11) is 0. The van der Waals surface area contributed by atoms with Crippen LogP contribution in [0.25, 0.3) is 0 Å². The van der Waals surface area contributed by atoms with Crippen LogP contribution in [0.5, 0.6) is 0 Å². The van der Waals surface area contributed by atoms with E-state index in [0.29, 0.717) is 5.41 Å². The van der Waals surface area contributed by atoms with Gasteiger partial charge in [-0.05, 0) is 0 Å². The SMILES string of the molecule is CC1(CNC/C=C/Cl)COC1. The third kappa shape index (κ3) is 2.81. The van der Waals surface area contributed by atoms with Gasteiger partial charge in [-0.25, -0.2) is 0 Å². The van der Waals surface area contributed by atoms with Gasteiger partial charge in [0.15, 0.2) is 0 Å². The first-order chi connectivity index (χ1) is 5.27. The molecule has 1 rings (SSSR count). The molecule has 1 N–H and O–H groups in total. The number of ether oxygens (including phenoxy) is 1. The molecule has 1 heterocycles. The zero-order valence-corrected chi connectivity index (χ0v) is 7.53. The van der Waals surface area contributed by atoms with Crippen LogP contribution in [0.1, 0.15) is 6.92 Å². The molecule has 0 aromatic carbocycles. The molecule has 0 atom stereocenters. The van der Waals surface area contributed by atoms with Crippen LogP contribution >= 0.6 is 11.6 Å². The number of halogens is 1. The van der Waals surface area contributed by atoms with Gasteiger partial charge in [0.05, 0.1) is 13.2 Å². The van der Waals surface area contributed by atoms with Gasteiger partial charge in [-0.15, -0.1) is 0 Å². The molecular formula is C8H14ClNO. The van der Waals surface area contributed by atoms with Gasteiger partial charge in [0.1, 0.15) is 0 Å². The Morgan fingerprint density at radius 1 is 1.64 bits per heavy atom. The summed E-state index contributed by atoms with van der Waals surface area (Å²) in [5.41, 5.74) is 1.90. The second kappa shape index (κ2) is 4.10. The summed E-state index contributed by atoms with van der Waals surface area (Å²) in [6, 6.07) is 0. The highest BCUT2D eigenvalue weighted by Crippen LogP contribution is 2.24. The standard InChI is InChI=1S/C8H14ClNO/c1-8(6-11-7-8)5-10-4-2-3-9/h2-3,10H,4-7H2,1H3/b3-2+. The Bertz CT molecular complexity index is 143. The molecule has 64 valence electrons. The highest BCUT2D eigenvalue weighted by Gasteiger charge is 2.32. The summed E-state index contributed by atoms with van der Waals surface area (Å²) in [5, 5.41) is 3.28. The van der Waals surface area contributed by atoms with Gasteiger partial charge in [-0.3, -0.25) is 0 Å². The number of hydrogen-bond donors (Lipinski definition) is 1. The van der Waals surface area contributed by atoms with E-state index in [-0.39, 0.29) is 0 Å². The smallest absolute Gasteiger partial charge is 0.0554 e. The summed E-state index contributed by atoms with van der Waals surface area (Å²) in [6.45, 7) is 5.83. The molecule has 0 saturated carbocycles. The van der Waals surface area contributed by atoms with Gasteiger partial charge in [-0.1, -0.05) is 24.6 Å². The normalized spacial score (nSPS) is 22.0. The average Bonchev–Trinajstić information content (AvgIpc) is 1.95. The minimum absolute atomic E-state index is 0.361. The van der Waals surface area contributed by atoms with E-state index in [2.05, 4.69) is 12.2 Å². The lowest BCUT2D eigenvalue weighted by Crippen LogP contribution is -2.47. The fourth-order valence-electron chi connectivity index (χ4n) is 1.05. The average molecular weight is 176 g/mol. The summed E-state index contributed by atoms with van der Waals surface area (Å²) < 4.78 is 5.11. The fraction of sp³-hybridized carbons (Fsp3) is 0.750. The molecule has 3 heteroatoms. The molecule has 1 aliphatic rings. The zero-order valence-electron chi connectivity index (χ0n) is 6.77. The van der Waals surface area contributed by atoms with Crippen LogP contribution in [0, 0.1) is 5.41 Å². The Morgan fingerprint density at radius 3 is 2.82 bits per heavy atom. The highest BCUT2D eigenvalue weighted by molar-refractivity contribution is 6.25. The topological polar surface area (TPSA) is 21.3 Å². The Balaban J connectivity index is 2.02. The van der Waals surface area contributed by atoms with Crippen LogP contribution in [0.2, 0.25) is 0 Å². The number of hydrogen-bond acceptors (Lipinski definition) is 2. The van der Waals surface area contributed by atoms with Crippen LogP contribution in [-0.4, -0.2) is 26.3 Å². The van der Waals surface area contributed by atoms with Crippen molar-refractivity contribution in [2.24, 2.45) is 5.41 Å². The predicted molar refractivity (Wildman–Crippen MR) is 46.8 cm³/mol. The van der Waals surface area contributed by atoms with Gasteiger partial charge < -0.3 is 10.1 Å². The number of nitrogens with one attached hydrogen (secondary N) is 1. The molecule has 1 saturated heterocycles. The van der Waals surface area contributed by atoms with E-state index in [0.717, 1.165) is 26.3 Å². The predicted octanol–water partition coefficient (Wildman–Crippen LogP) is 1.36. The van der Waals surface area contributed by atoms with Crippen molar-refractivity contribution in [3.63, 3.8) is 0 Å². The largest absolute Gasteiger partial charge is 0.380 e. The van der Waals surface area contributed by atoms with E-state index in [1.807, 2.05) is 6.08 Å². The van der Waals surface area contributed by atoms with Crippen molar-refractivity contribution in [3.05, 3.63) is 11.6 Å². The van der Waals surface area contributed by atoms with Crippen LogP contribution in [-0.2, 0) is 4.74 Å². The van der Waals surface area contributed by atoms with Gasteiger partial charge in [0.2, 0.25) is 0 Å². The van der Waals surface area contributed by atoms with E-state index in [4.69, 9.17) is 16.3 Å². The molecular weight excluding hydrogens is 162 g/mol. The van der Waals surface area contributed by atoms with Crippen molar-refractivity contribution in [1.29, 1.82) is 0 Å². The molecule has 1 fully saturated rings. The van der Waals surface area contributed by atoms with Gasteiger partial charge >= 0.3 is 0 Å². The first-order valence-electron chi connectivity index (χ1n) is 3.80. The van der Waals surface area contributed by atoms with Crippen molar-refractivity contribution in [2.45, 2.75) is 6.92 Å². The molecule has 0 aromatic heterocycles. The highest BCUT2D eigenvalue weighted by atomic mass is 35.5. The molecule has 11 heavy (non-hydrogen) atoms. The van der Waals surface area contributed by atoms with Crippen LogP contribution in [0.3, 0.4) is 0 Å². The van der Waals surface area contributed by atoms with Crippen molar-refractivity contribution in [1.82, 2.24) is 5.32 Å². The minimum atomic E-state index is 0.361. The third-order valence-corrected chi connectivity index (χ3v) is 1.98. The van der Waals surface area contributed by atoms with Crippen molar-refractivity contribution in [3.8, 4) is 0 Å². The summed E-state index contributed by atoms with van der Waals surface area (Å²) >= 11 is 5.35. The third-order valence-electron chi connectivity index (χ3n) is 1.80. The van der Waals surface area contributed by atoms with Gasteiger partial charge in [0.25, 0.3) is 0 Å². The van der Waals surface area contributed by atoms with E-state index >= 15 is 0 Å². The lowest BCUT2D eigenvalue weighted by molar-refractivity contribution is -0.0986. The molecule has 1 aliphatic heterocycles. The lowest BCUT2D eigenvalue weighted by atomic mass is 9.89. The monoisotopic (exact) mass is 175 g/mol. The molecule has 0 bridgehead atoms. The summed E-state index contributed by atoms with van der Waals surface area (Å²) in [6.07, 6.45) is 1.89. The lowest BCUT2D eigenvalue weighted by Gasteiger charge is -2.38. The fourth-order valence-corrected chi connectivity index (χ4v) is 1.14. The van der Waals surface area contributed by atoms with E-state index < -0.39 is 0 Å². The van der Waals surface area contributed by atoms with E-state index in [9.17, 15) is 0 Å². The van der Waals surface area contributed by atoms with Crippen LogP contribution in [0.4, 0.5) is 0 Å². The molecule has 0 unspecified atom stereocenters. The summed E-state index contributed by atoms with van der Waals surface area (Å²) in [4.78, 5) is 0. The van der Waals surface area contributed by atoms with Crippen molar-refractivity contribution in [2.75, 3.05) is 26.3 Å². The molecule has 0 aromatic rings. The Kier molecular flexibility index (Phi) is 3.37. The quantitative estimate of drug-likeness (QED) is 0.652. The molecule has 2 nitrogen and oxygen atoms in total. The molecule has 0 amide bonds. The Hall–Kier alpha value is -0.0500. The molecule has 0 aliphatic carbocycles. The Labute approximate surface area is 72.6 Å². The Morgan fingerprint density at radius 2 is 2.36 bits per heavy atom. The molecule has 0 radical (unpaired) electrons. The zero-order chi connectivity index (χ0) is 8.16. The second-order valence-electron chi connectivity index (χ2n) is 3.30. The maximum atomic E-state index is 5.35. The van der Waals surface area contributed by atoms with Gasteiger partial charge in [-0.2, -0.15) is 0 Å². The second-order valence-corrected chi connectivity index (χ2v) is 3.55. The van der Waals surface area contributed by atoms with Crippen LogP contribution < -0.4 is 5.32 Å².